The number of ether oxygens (including phenoxy) is 1. The summed E-state index contributed by atoms with van der Waals surface area (Å²) in [5.41, 5.74) is 2.16. The fourth-order valence-electron chi connectivity index (χ4n) is 3.90. The lowest BCUT2D eigenvalue weighted by Gasteiger charge is -2.28. The van der Waals surface area contributed by atoms with E-state index in [1.165, 1.54) is 21.9 Å². The number of sulfonamides is 1. The van der Waals surface area contributed by atoms with Crippen molar-refractivity contribution in [3.8, 4) is 11.1 Å². The lowest BCUT2D eigenvalue weighted by Crippen LogP contribution is -2.36. The third-order valence-corrected chi connectivity index (χ3v) is 8.00. The fraction of sp³-hybridized carbons (Fsp3) is 0.476. The molecule has 0 radical (unpaired) electrons. The highest BCUT2D eigenvalue weighted by Crippen LogP contribution is 2.40. The third-order valence-electron chi connectivity index (χ3n) is 5.52. The van der Waals surface area contributed by atoms with Crippen LogP contribution in [0.3, 0.4) is 0 Å². The molecule has 0 spiro atoms. The first-order valence-electron chi connectivity index (χ1n) is 10.2. The van der Waals surface area contributed by atoms with Gasteiger partial charge in [-0.15, -0.1) is 11.3 Å². The molecule has 1 amide bonds. The van der Waals surface area contributed by atoms with Gasteiger partial charge in [0.2, 0.25) is 10.0 Å². The molecule has 4 rings (SSSR count). The van der Waals surface area contributed by atoms with Gasteiger partial charge in [0.1, 0.15) is 0 Å². The van der Waals surface area contributed by atoms with Gasteiger partial charge in [0.15, 0.2) is 0 Å². The highest BCUT2D eigenvalue weighted by atomic mass is 32.2. The Balaban J connectivity index is 1.60. The number of rotatable bonds is 4. The van der Waals surface area contributed by atoms with Gasteiger partial charge in [-0.05, 0) is 18.1 Å². The number of carbonyl (C=O) groups excluding carboxylic acids is 1. The molecule has 7 nitrogen and oxygen atoms in total. The van der Waals surface area contributed by atoms with Gasteiger partial charge >= 0.3 is 0 Å². The van der Waals surface area contributed by atoms with E-state index in [1.54, 1.807) is 4.90 Å². The summed E-state index contributed by atoms with van der Waals surface area (Å²) in [5.74, 6) is -0.0213. The first kappa shape index (κ1) is 21.3. The summed E-state index contributed by atoms with van der Waals surface area (Å²) in [4.78, 5) is 18.1. The van der Waals surface area contributed by atoms with Crippen LogP contribution in [0.4, 0.5) is 5.00 Å². The molecule has 1 aromatic heterocycles. The molecule has 2 aliphatic heterocycles. The standard InChI is InChI=1S/C21H27N3O4S2/c1-30(26,27)24-9-5-8-22(10-11-24)20(25)19-16-18(17-6-3-2-4-7-17)21(29-19)23-12-14-28-15-13-23/h2-4,6-7,16H,5,8-15H2,1H3. The van der Waals surface area contributed by atoms with Crippen molar-refractivity contribution in [1.82, 2.24) is 9.21 Å². The normalized spacial score (nSPS) is 19.0. The van der Waals surface area contributed by atoms with Gasteiger partial charge in [0.25, 0.3) is 5.91 Å². The molecule has 2 aromatic rings. The maximum absolute atomic E-state index is 13.3. The first-order valence-corrected chi connectivity index (χ1v) is 12.9. The molecule has 2 fully saturated rings. The van der Waals surface area contributed by atoms with Crippen LogP contribution in [0.1, 0.15) is 16.1 Å². The van der Waals surface area contributed by atoms with Gasteiger partial charge in [0.05, 0.1) is 29.3 Å². The molecule has 30 heavy (non-hydrogen) atoms. The number of nitrogens with zero attached hydrogens (tertiary/aromatic N) is 3. The number of carbonyl (C=O) groups is 1. The third kappa shape index (κ3) is 4.69. The second-order valence-corrected chi connectivity index (χ2v) is 10.6. The molecule has 9 heteroatoms. The zero-order valence-electron chi connectivity index (χ0n) is 17.1. The van der Waals surface area contributed by atoms with E-state index in [-0.39, 0.29) is 5.91 Å². The summed E-state index contributed by atoms with van der Waals surface area (Å²) in [5, 5.41) is 1.10. The van der Waals surface area contributed by atoms with Crippen molar-refractivity contribution in [1.29, 1.82) is 0 Å². The quantitative estimate of drug-likeness (QED) is 0.717. The average Bonchev–Trinajstić information content (AvgIpc) is 3.04. The van der Waals surface area contributed by atoms with E-state index < -0.39 is 10.0 Å². The van der Waals surface area contributed by atoms with Crippen LogP contribution in [0, 0.1) is 0 Å². The van der Waals surface area contributed by atoms with E-state index in [1.807, 2.05) is 24.3 Å². The van der Waals surface area contributed by atoms with Crippen LogP contribution in [-0.2, 0) is 14.8 Å². The Bertz CT molecular complexity index is 985. The summed E-state index contributed by atoms with van der Waals surface area (Å²) >= 11 is 1.52. The molecule has 2 saturated heterocycles. The van der Waals surface area contributed by atoms with Crippen molar-refractivity contribution in [3.05, 3.63) is 41.3 Å². The van der Waals surface area contributed by atoms with Gasteiger partial charge in [-0.1, -0.05) is 30.3 Å². The lowest BCUT2D eigenvalue weighted by atomic mass is 10.1. The Morgan fingerprint density at radius 2 is 1.73 bits per heavy atom. The van der Waals surface area contributed by atoms with E-state index in [4.69, 9.17) is 4.74 Å². The number of hydrogen-bond acceptors (Lipinski definition) is 6. The summed E-state index contributed by atoms with van der Waals surface area (Å²) in [6.07, 6.45) is 1.87. The van der Waals surface area contributed by atoms with Crippen molar-refractivity contribution in [3.63, 3.8) is 0 Å². The van der Waals surface area contributed by atoms with E-state index in [0.29, 0.717) is 50.7 Å². The van der Waals surface area contributed by atoms with Gasteiger partial charge in [0, 0.05) is 44.8 Å². The molecule has 0 atom stereocenters. The smallest absolute Gasteiger partial charge is 0.264 e. The predicted octanol–water partition coefficient (Wildman–Crippen LogP) is 2.36. The van der Waals surface area contributed by atoms with Crippen LogP contribution in [0.15, 0.2) is 36.4 Å². The van der Waals surface area contributed by atoms with Crippen LogP contribution in [-0.4, -0.2) is 82.3 Å². The van der Waals surface area contributed by atoms with E-state index >= 15 is 0 Å². The molecular formula is C21H27N3O4S2. The highest BCUT2D eigenvalue weighted by Gasteiger charge is 2.27. The Kier molecular flexibility index (Phi) is 6.43. The number of morpholine rings is 1. The van der Waals surface area contributed by atoms with Crippen molar-refractivity contribution in [2.45, 2.75) is 6.42 Å². The Hall–Kier alpha value is -1.94. The van der Waals surface area contributed by atoms with E-state index in [2.05, 4.69) is 17.0 Å². The van der Waals surface area contributed by atoms with Gasteiger partial charge in [-0.2, -0.15) is 0 Å². The minimum absolute atomic E-state index is 0.0213. The topological polar surface area (TPSA) is 70.2 Å². The molecule has 0 bridgehead atoms. The van der Waals surface area contributed by atoms with Crippen molar-refractivity contribution < 1.29 is 17.9 Å². The summed E-state index contributed by atoms with van der Waals surface area (Å²) in [7, 11) is -3.24. The molecule has 2 aliphatic rings. The SMILES string of the molecule is CS(=O)(=O)N1CCCN(C(=O)c2cc(-c3ccccc3)c(N3CCOCC3)s2)CC1. The number of benzene rings is 1. The zero-order valence-corrected chi connectivity index (χ0v) is 18.8. The maximum Gasteiger partial charge on any atom is 0.264 e. The molecule has 162 valence electrons. The second-order valence-electron chi connectivity index (χ2n) is 7.60. The van der Waals surface area contributed by atoms with Crippen molar-refractivity contribution in [2.75, 3.05) is 63.6 Å². The molecule has 0 unspecified atom stereocenters. The zero-order chi connectivity index (χ0) is 21.1. The fourth-order valence-corrected chi connectivity index (χ4v) is 5.97. The molecule has 0 N–H and O–H groups in total. The number of hydrogen-bond donors (Lipinski definition) is 0. The predicted molar refractivity (Wildman–Crippen MR) is 120 cm³/mol. The molecular weight excluding hydrogens is 422 g/mol. The van der Waals surface area contributed by atoms with Crippen LogP contribution in [0.2, 0.25) is 0 Å². The Morgan fingerprint density at radius 3 is 2.43 bits per heavy atom. The largest absolute Gasteiger partial charge is 0.378 e. The monoisotopic (exact) mass is 449 g/mol. The molecule has 1 aromatic carbocycles. The number of amides is 1. The van der Waals surface area contributed by atoms with Crippen LogP contribution < -0.4 is 4.90 Å². The van der Waals surface area contributed by atoms with Gasteiger partial charge in [-0.25, -0.2) is 12.7 Å². The van der Waals surface area contributed by atoms with Crippen LogP contribution in [0.5, 0.6) is 0 Å². The first-order chi connectivity index (χ1) is 14.4. The van der Waals surface area contributed by atoms with E-state index in [9.17, 15) is 13.2 Å². The lowest BCUT2D eigenvalue weighted by molar-refractivity contribution is 0.0769. The van der Waals surface area contributed by atoms with Crippen LogP contribution >= 0.6 is 11.3 Å². The number of thiophene rings is 1. The average molecular weight is 450 g/mol. The second kappa shape index (κ2) is 9.05. The van der Waals surface area contributed by atoms with E-state index in [0.717, 1.165) is 29.2 Å². The van der Waals surface area contributed by atoms with Crippen LogP contribution in [0.25, 0.3) is 11.1 Å². The highest BCUT2D eigenvalue weighted by molar-refractivity contribution is 7.88. The van der Waals surface area contributed by atoms with Crippen molar-refractivity contribution in [2.24, 2.45) is 0 Å². The summed E-state index contributed by atoms with van der Waals surface area (Å²) in [6, 6.07) is 12.1. The molecule has 0 aliphatic carbocycles. The summed E-state index contributed by atoms with van der Waals surface area (Å²) < 4.78 is 30.7. The van der Waals surface area contributed by atoms with Gasteiger partial charge < -0.3 is 14.5 Å². The van der Waals surface area contributed by atoms with Gasteiger partial charge in [-0.3, -0.25) is 4.79 Å². The molecule has 3 heterocycles. The van der Waals surface area contributed by atoms with Crippen molar-refractivity contribution >= 4 is 32.3 Å². The summed E-state index contributed by atoms with van der Waals surface area (Å²) in [6.45, 7) is 4.76. The minimum Gasteiger partial charge on any atom is -0.378 e. The Labute approximate surface area is 181 Å². The Morgan fingerprint density at radius 1 is 1.00 bits per heavy atom. The maximum atomic E-state index is 13.3. The number of anilines is 1. The minimum atomic E-state index is -3.24. The molecule has 0 saturated carbocycles.